The number of aromatic nitrogens is 1. The highest BCUT2D eigenvalue weighted by molar-refractivity contribution is 5.90. The minimum Gasteiger partial charge on any atom is -0.465 e. The monoisotopic (exact) mass is 263 g/mol. The van der Waals surface area contributed by atoms with Crippen LogP contribution in [0.1, 0.15) is 28.9 Å². The predicted octanol–water partition coefficient (Wildman–Crippen LogP) is 1.36. The van der Waals surface area contributed by atoms with Crippen molar-refractivity contribution in [1.82, 2.24) is 10.3 Å². The largest absolute Gasteiger partial charge is 0.465 e. The van der Waals surface area contributed by atoms with Crippen LogP contribution in [-0.4, -0.2) is 44.2 Å². The molecule has 1 saturated heterocycles. The number of rotatable bonds is 4. The van der Waals surface area contributed by atoms with Crippen molar-refractivity contribution in [2.75, 3.05) is 32.1 Å². The first kappa shape index (κ1) is 13.8. The number of pyridine rings is 1. The van der Waals surface area contributed by atoms with Crippen molar-refractivity contribution in [2.45, 2.75) is 25.8 Å². The van der Waals surface area contributed by atoms with E-state index in [1.165, 1.54) is 20.0 Å². The molecule has 2 rings (SSSR count). The first-order chi connectivity index (χ1) is 9.11. The number of nitrogens with one attached hydrogen (secondary N) is 1. The van der Waals surface area contributed by atoms with E-state index in [0.29, 0.717) is 17.3 Å². The fourth-order valence-corrected chi connectivity index (χ4v) is 2.42. The van der Waals surface area contributed by atoms with Crippen LogP contribution in [0.4, 0.5) is 5.82 Å². The van der Waals surface area contributed by atoms with Gasteiger partial charge in [0.25, 0.3) is 0 Å². The Morgan fingerprint density at radius 3 is 2.95 bits per heavy atom. The van der Waals surface area contributed by atoms with Crippen molar-refractivity contribution in [3.63, 3.8) is 0 Å². The molecule has 1 unspecified atom stereocenters. The van der Waals surface area contributed by atoms with Crippen LogP contribution in [-0.2, 0) is 4.74 Å². The molecule has 0 radical (unpaired) electrons. The van der Waals surface area contributed by atoms with Gasteiger partial charge in [0, 0.05) is 19.6 Å². The molecule has 1 fully saturated rings. The number of anilines is 1. The number of esters is 1. The summed E-state index contributed by atoms with van der Waals surface area (Å²) in [7, 11) is 3.41. The third-order valence-corrected chi connectivity index (χ3v) is 3.52. The second-order valence-electron chi connectivity index (χ2n) is 4.97. The van der Waals surface area contributed by atoms with Gasteiger partial charge in [-0.2, -0.15) is 0 Å². The summed E-state index contributed by atoms with van der Waals surface area (Å²) in [6.45, 7) is 3.87. The quantitative estimate of drug-likeness (QED) is 0.831. The first-order valence-electron chi connectivity index (χ1n) is 6.62. The molecule has 0 aromatic carbocycles. The van der Waals surface area contributed by atoms with E-state index >= 15 is 0 Å². The van der Waals surface area contributed by atoms with Crippen molar-refractivity contribution < 1.29 is 9.53 Å². The summed E-state index contributed by atoms with van der Waals surface area (Å²) < 4.78 is 4.72. The number of hydrogen-bond donors (Lipinski definition) is 1. The minimum absolute atomic E-state index is 0.336. The van der Waals surface area contributed by atoms with E-state index in [2.05, 4.69) is 15.2 Å². The molecule has 5 nitrogen and oxygen atoms in total. The molecule has 1 atom stereocenters. The second kappa shape index (κ2) is 6.02. The number of carbonyl (C=O) groups is 1. The fraction of sp³-hybridized carbons (Fsp3) is 0.571. The number of hydrogen-bond acceptors (Lipinski definition) is 5. The third kappa shape index (κ3) is 3.23. The van der Waals surface area contributed by atoms with E-state index in [0.717, 1.165) is 18.9 Å². The Morgan fingerprint density at radius 2 is 2.37 bits per heavy atom. The lowest BCUT2D eigenvalue weighted by Gasteiger charge is -2.22. The Balaban J connectivity index is 2.07. The van der Waals surface area contributed by atoms with Crippen LogP contribution in [0.5, 0.6) is 0 Å². The maximum atomic E-state index is 11.5. The number of nitrogens with zero attached hydrogens (tertiary/aromatic N) is 2. The van der Waals surface area contributed by atoms with Crippen LogP contribution in [0.2, 0.25) is 0 Å². The SMILES string of the molecule is COC(=O)c1ccc(N(C)CC2CCCN2)nc1C. The molecule has 19 heavy (non-hydrogen) atoms. The van der Waals surface area contributed by atoms with Crippen LogP contribution in [0.25, 0.3) is 0 Å². The van der Waals surface area contributed by atoms with Gasteiger partial charge in [-0.3, -0.25) is 0 Å². The smallest absolute Gasteiger partial charge is 0.339 e. The van der Waals surface area contributed by atoms with Crippen molar-refractivity contribution in [3.8, 4) is 0 Å². The van der Waals surface area contributed by atoms with E-state index in [1.54, 1.807) is 6.07 Å². The van der Waals surface area contributed by atoms with Gasteiger partial charge in [0.15, 0.2) is 0 Å². The standard InChI is InChI=1S/C14H21N3O2/c1-10-12(14(18)19-3)6-7-13(16-10)17(2)9-11-5-4-8-15-11/h6-7,11,15H,4-5,8-9H2,1-3H3. The zero-order valence-electron chi connectivity index (χ0n) is 11.8. The fourth-order valence-electron chi connectivity index (χ4n) is 2.42. The lowest BCUT2D eigenvalue weighted by Crippen LogP contribution is -2.35. The molecule has 1 aromatic rings. The molecule has 0 saturated carbocycles. The van der Waals surface area contributed by atoms with Gasteiger partial charge in [0.05, 0.1) is 18.4 Å². The maximum absolute atomic E-state index is 11.5. The minimum atomic E-state index is -0.336. The summed E-state index contributed by atoms with van der Waals surface area (Å²) in [6, 6.07) is 4.18. The molecule has 104 valence electrons. The molecular formula is C14H21N3O2. The third-order valence-electron chi connectivity index (χ3n) is 3.52. The predicted molar refractivity (Wildman–Crippen MR) is 74.6 cm³/mol. The summed E-state index contributed by atoms with van der Waals surface area (Å²) in [5.74, 6) is 0.551. The van der Waals surface area contributed by atoms with E-state index < -0.39 is 0 Å². The molecule has 0 amide bonds. The summed E-state index contributed by atoms with van der Waals surface area (Å²) in [6.07, 6.45) is 2.45. The molecule has 0 bridgehead atoms. The van der Waals surface area contributed by atoms with Gasteiger partial charge in [0.2, 0.25) is 0 Å². The van der Waals surface area contributed by atoms with E-state index in [1.807, 2.05) is 20.0 Å². The Bertz CT molecular complexity index is 456. The molecule has 1 aliphatic rings. The molecule has 0 aliphatic carbocycles. The lowest BCUT2D eigenvalue weighted by atomic mass is 10.2. The number of likely N-dealkylation sites (N-methyl/N-ethyl adjacent to an activating group) is 1. The number of methoxy groups -OCH3 is 1. The highest BCUT2D eigenvalue weighted by atomic mass is 16.5. The summed E-state index contributed by atoms with van der Waals surface area (Å²) in [5.41, 5.74) is 1.23. The normalized spacial score (nSPS) is 18.4. The number of ether oxygens (including phenoxy) is 1. The average molecular weight is 263 g/mol. The zero-order valence-corrected chi connectivity index (χ0v) is 11.8. The molecule has 1 aliphatic heterocycles. The molecule has 0 spiro atoms. The topological polar surface area (TPSA) is 54.5 Å². The summed E-state index contributed by atoms with van der Waals surface area (Å²) in [4.78, 5) is 18.1. The molecular weight excluding hydrogens is 242 g/mol. The van der Waals surface area contributed by atoms with Crippen LogP contribution < -0.4 is 10.2 Å². The van der Waals surface area contributed by atoms with Crippen LogP contribution in [0.15, 0.2) is 12.1 Å². The van der Waals surface area contributed by atoms with Crippen LogP contribution in [0.3, 0.4) is 0 Å². The maximum Gasteiger partial charge on any atom is 0.339 e. The van der Waals surface area contributed by atoms with Crippen molar-refractivity contribution in [3.05, 3.63) is 23.4 Å². The Morgan fingerprint density at radius 1 is 1.58 bits per heavy atom. The van der Waals surface area contributed by atoms with E-state index in [9.17, 15) is 4.79 Å². The van der Waals surface area contributed by atoms with Gasteiger partial charge in [-0.25, -0.2) is 9.78 Å². The molecule has 1 N–H and O–H groups in total. The van der Waals surface area contributed by atoms with Gasteiger partial charge in [-0.1, -0.05) is 0 Å². The summed E-state index contributed by atoms with van der Waals surface area (Å²) in [5, 5.41) is 3.47. The van der Waals surface area contributed by atoms with Gasteiger partial charge in [-0.15, -0.1) is 0 Å². The number of carbonyl (C=O) groups excluding carboxylic acids is 1. The van der Waals surface area contributed by atoms with Crippen molar-refractivity contribution in [2.24, 2.45) is 0 Å². The van der Waals surface area contributed by atoms with Crippen LogP contribution >= 0.6 is 0 Å². The summed E-state index contributed by atoms with van der Waals surface area (Å²) >= 11 is 0. The van der Waals surface area contributed by atoms with Crippen molar-refractivity contribution in [1.29, 1.82) is 0 Å². The highest BCUT2D eigenvalue weighted by Gasteiger charge is 2.18. The molecule has 5 heteroatoms. The van der Waals surface area contributed by atoms with Gasteiger partial charge < -0.3 is 15.0 Å². The molecule has 1 aromatic heterocycles. The molecule has 2 heterocycles. The van der Waals surface area contributed by atoms with Crippen LogP contribution in [0, 0.1) is 6.92 Å². The Labute approximate surface area is 114 Å². The lowest BCUT2D eigenvalue weighted by molar-refractivity contribution is 0.0599. The first-order valence-corrected chi connectivity index (χ1v) is 6.62. The van der Waals surface area contributed by atoms with Gasteiger partial charge in [-0.05, 0) is 38.4 Å². The average Bonchev–Trinajstić information content (AvgIpc) is 2.90. The van der Waals surface area contributed by atoms with Gasteiger partial charge >= 0.3 is 5.97 Å². The second-order valence-corrected chi connectivity index (χ2v) is 4.97. The van der Waals surface area contributed by atoms with E-state index in [-0.39, 0.29) is 5.97 Å². The van der Waals surface area contributed by atoms with Gasteiger partial charge in [0.1, 0.15) is 5.82 Å². The number of aryl methyl sites for hydroxylation is 1. The Hall–Kier alpha value is -1.62. The highest BCUT2D eigenvalue weighted by Crippen LogP contribution is 2.16. The van der Waals surface area contributed by atoms with Crippen molar-refractivity contribution >= 4 is 11.8 Å². The zero-order chi connectivity index (χ0) is 13.8. The Kier molecular flexibility index (Phi) is 4.37. The van der Waals surface area contributed by atoms with E-state index in [4.69, 9.17) is 4.74 Å².